The summed E-state index contributed by atoms with van der Waals surface area (Å²) in [6.45, 7) is 11.4. The van der Waals surface area contributed by atoms with Gasteiger partial charge in [-0.05, 0) is 55.4 Å². The number of phenolic OH excluding ortho intramolecular Hbond substituents is 1. The van der Waals surface area contributed by atoms with Crippen LogP contribution in [0.2, 0.25) is 0 Å². The van der Waals surface area contributed by atoms with Crippen LogP contribution in [0.15, 0.2) is 52.7 Å². The van der Waals surface area contributed by atoms with E-state index >= 15 is 0 Å². The average Bonchev–Trinajstić information content (AvgIpc) is 3.58. The molecule has 0 unspecified atom stereocenters. The lowest BCUT2D eigenvalue weighted by molar-refractivity contribution is -0.128. The van der Waals surface area contributed by atoms with Crippen LogP contribution in [-0.4, -0.2) is 94.0 Å². The van der Waals surface area contributed by atoms with E-state index in [2.05, 4.69) is 10.3 Å². The summed E-state index contributed by atoms with van der Waals surface area (Å²) in [6, 6.07) is 8.97. The number of rotatable bonds is 15. The number of hydrogen-bond donors (Lipinski definition) is 3. The van der Waals surface area contributed by atoms with E-state index in [1.165, 1.54) is 18.3 Å². The van der Waals surface area contributed by atoms with E-state index in [0.717, 1.165) is 32.7 Å². The van der Waals surface area contributed by atoms with Crippen molar-refractivity contribution < 1.29 is 32.6 Å². The van der Waals surface area contributed by atoms with Crippen LogP contribution in [0.1, 0.15) is 49.5 Å². The molecule has 4 rings (SSSR count). The number of nitrogens with zero attached hydrogens (tertiary/aromatic N) is 4. The van der Waals surface area contributed by atoms with Crippen molar-refractivity contribution in [2.75, 3.05) is 26.2 Å². The predicted molar refractivity (Wildman–Crippen MR) is 182 cm³/mol. The maximum Gasteiger partial charge on any atom is 0.321 e. The number of thiazole rings is 1. The monoisotopic (exact) mass is 703 g/mol. The Hall–Kier alpha value is -3.59. The topological polar surface area (TPSA) is 143 Å². The van der Waals surface area contributed by atoms with Crippen molar-refractivity contribution in [3.8, 4) is 5.75 Å². The molecule has 11 nitrogen and oxygen atoms in total. The van der Waals surface area contributed by atoms with Gasteiger partial charge < -0.3 is 25.3 Å². The van der Waals surface area contributed by atoms with Gasteiger partial charge in [-0.2, -0.15) is 4.31 Å². The molecule has 3 amide bonds. The molecule has 2 heterocycles. The number of halogens is 1. The normalized spacial score (nSPS) is 15.9. The van der Waals surface area contributed by atoms with E-state index < -0.39 is 52.2 Å². The minimum atomic E-state index is -4.33. The molecule has 48 heavy (non-hydrogen) atoms. The summed E-state index contributed by atoms with van der Waals surface area (Å²) in [7, 11) is -4.33. The first-order chi connectivity index (χ1) is 22.6. The van der Waals surface area contributed by atoms with Gasteiger partial charge in [-0.15, -0.1) is 11.3 Å². The first kappa shape index (κ1) is 37.2. The summed E-state index contributed by atoms with van der Waals surface area (Å²) in [5.41, 5.74) is 1.75. The standard InChI is InChI=1S/C34H46FN5O6S2/c1-21(2)17-39(48(45,46)31-16-27(35)29(41)14-23(31)5)19-30(42)28(15-25-10-8-7-9-11-25)37-33(43)32(22(3)4)40-13-12-38(34(40)44)18-26-20-47-24(6)36-26/h7-11,14,16,20-22,28,30,32,41-42H,12-13,15,17-19H2,1-6H3,(H,37,43)/t28-,30-,32-/m0/s1. The Morgan fingerprint density at radius 1 is 1.10 bits per heavy atom. The third kappa shape index (κ3) is 8.90. The van der Waals surface area contributed by atoms with Crippen LogP contribution in [0.4, 0.5) is 9.18 Å². The first-order valence-corrected chi connectivity index (χ1v) is 18.4. The highest BCUT2D eigenvalue weighted by Gasteiger charge is 2.41. The summed E-state index contributed by atoms with van der Waals surface area (Å²) in [5.74, 6) is -2.62. The van der Waals surface area contributed by atoms with Gasteiger partial charge in [-0.1, -0.05) is 58.0 Å². The fraction of sp³-hybridized carbons (Fsp3) is 0.500. The average molecular weight is 704 g/mol. The van der Waals surface area contributed by atoms with Crippen molar-refractivity contribution in [1.82, 2.24) is 24.4 Å². The molecule has 0 saturated carbocycles. The van der Waals surface area contributed by atoms with Gasteiger partial charge in [0.25, 0.3) is 0 Å². The van der Waals surface area contributed by atoms with Gasteiger partial charge >= 0.3 is 6.03 Å². The van der Waals surface area contributed by atoms with Crippen molar-refractivity contribution in [1.29, 1.82) is 0 Å². The molecule has 262 valence electrons. The number of carbonyl (C=O) groups excluding carboxylic acids is 2. The number of aliphatic hydroxyl groups excluding tert-OH is 1. The highest BCUT2D eigenvalue weighted by Crippen LogP contribution is 2.28. The van der Waals surface area contributed by atoms with Crippen molar-refractivity contribution in [3.63, 3.8) is 0 Å². The number of urea groups is 1. The summed E-state index contributed by atoms with van der Waals surface area (Å²) >= 11 is 1.51. The zero-order chi connectivity index (χ0) is 35.3. The second kappa shape index (κ2) is 15.7. The van der Waals surface area contributed by atoms with Gasteiger partial charge in [0.1, 0.15) is 6.04 Å². The number of carbonyl (C=O) groups is 2. The van der Waals surface area contributed by atoms with E-state index in [1.807, 2.05) is 70.3 Å². The number of nitrogens with one attached hydrogen (secondary N) is 1. The maximum absolute atomic E-state index is 14.4. The Morgan fingerprint density at radius 2 is 1.79 bits per heavy atom. The zero-order valence-corrected chi connectivity index (χ0v) is 29.9. The van der Waals surface area contributed by atoms with Crippen LogP contribution in [0.3, 0.4) is 0 Å². The van der Waals surface area contributed by atoms with Gasteiger partial charge in [-0.25, -0.2) is 22.6 Å². The zero-order valence-electron chi connectivity index (χ0n) is 28.3. The third-order valence-corrected chi connectivity index (χ3v) is 11.1. The Morgan fingerprint density at radius 3 is 2.40 bits per heavy atom. The minimum absolute atomic E-state index is 0.0125. The maximum atomic E-state index is 14.4. The second-order valence-corrected chi connectivity index (χ2v) is 16.1. The highest BCUT2D eigenvalue weighted by molar-refractivity contribution is 7.89. The van der Waals surface area contributed by atoms with Crippen molar-refractivity contribution in [2.45, 2.75) is 77.6 Å². The highest BCUT2D eigenvalue weighted by atomic mass is 32.2. The molecule has 1 aromatic heterocycles. The van der Waals surface area contributed by atoms with Crippen LogP contribution >= 0.6 is 11.3 Å². The van der Waals surface area contributed by atoms with Crippen LogP contribution in [-0.2, 0) is 27.8 Å². The summed E-state index contributed by atoms with van der Waals surface area (Å²) in [6.07, 6.45) is -1.19. The molecule has 0 aliphatic carbocycles. The molecular formula is C34H46FN5O6S2. The number of aryl methyl sites for hydroxylation is 2. The van der Waals surface area contributed by atoms with Crippen molar-refractivity contribution >= 4 is 33.3 Å². The van der Waals surface area contributed by atoms with Gasteiger partial charge in [0.2, 0.25) is 15.9 Å². The predicted octanol–water partition coefficient (Wildman–Crippen LogP) is 4.30. The van der Waals surface area contributed by atoms with Crippen molar-refractivity contribution in [2.24, 2.45) is 11.8 Å². The second-order valence-electron chi connectivity index (χ2n) is 13.1. The molecule has 1 aliphatic rings. The molecule has 1 aliphatic heterocycles. The number of phenols is 1. The van der Waals surface area contributed by atoms with E-state index in [4.69, 9.17) is 0 Å². The van der Waals surface area contributed by atoms with E-state index in [9.17, 15) is 32.6 Å². The lowest BCUT2D eigenvalue weighted by Crippen LogP contribution is -2.57. The summed E-state index contributed by atoms with van der Waals surface area (Å²) < 4.78 is 43.2. The van der Waals surface area contributed by atoms with Crippen LogP contribution in [0.5, 0.6) is 5.75 Å². The van der Waals surface area contributed by atoms with Crippen LogP contribution in [0.25, 0.3) is 0 Å². The van der Waals surface area contributed by atoms with Crippen LogP contribution in [0, 0.1) is 31.5 Å². The number of hydrogen-bond acceptors (Lipinski definition) is 8. The van der Waals surface area contributed by atoms with Crippen molar-refractivity contribution in [3.05, 3.63) is 75.5 Å². The molecule has 14 heteroatoms. The molecule has 0 spiro atoms. The largest absolute Gasteiger partial charge is 0.505 e. The van der Waals surface area contributed by atoms with E-state index in [0.29, 0.717) is 19.6 Å². The van der Waals surface area contributed by atoms with E-state index in [1.54, 1.807) is 9.80 Å². The molecule has 3 atom stereocenters. The Balaban J connectivity index is 1.60. The number of aromatic nitrogens is 1. The number of aromatic hydroxyl groups is 1. The molecule has 0 bridgehead atoms. The lowest BCUT2D eigenvalue weighted by Gasteiger charge is -2.34. The summed E-state index contributed by atoms with van der Waals surface area (Å²) in [5, 5.41) is 27.3. The molecule has 1 saturated heterocycles. The number of amides is 3. The number of sulfonamides is 1. The van der Waals surface area contributed by atoms with Gasteiger partial charge in [-0.3, -0.25) is 4.79 Å². The first-order valence-electron chi connectivity index (χ1n) is 16.1. The lowest BCUT2D eigenvalue weighted by atomic mass is 9.97. The molecule has 1 fully saturated rings. The SMILES string of the molecule is Cc1nc(CN2CCN([C@H](C(=O)N[C@@H](Cc3ccccc3)[C@@H](O)CN(CC(C)C)S(=O)(=O)c3cc(F)c(O)cc3C)C(C)C)C2=O)cs1. The molecular weight excluding hydrogens is 658 g/mol. The quantitative estimate of drug-likeness (QED) is 0.214. The van der Waals surface area contributed by atoms with Crippen LogP contribution < -0.4 is 5.32 Å². The third-order valence-electron chi connectivity index (χ3n) is 8.29. The Labute approximate surface area is 286 Å². The van der Waals surface area contributed by atoms with Gasteiger partial charge in [0.15, 0.2) is 11.6 Å². The smallest absolute Gasteiger partial charge is 0.321 e. The van der Waals surface area contributed by atoms with Gasteiger partial charge in [0, 0.05) is 31.6 Å². The minimum Gasteiger partial charge on any atom is -0.505 e. The van der Waals surface area contributed by atoms with Gasteiger partial charge in [0.05, 0.1) is 34.3 Å². The number of benzene rings is 2. The molecule has 3 aromatic rings. The molecule has 2 aromatic carbocycles. The Kier molecular flexibility index (Phi) is 12.2. The fourth-order valence-corrected chi connectivity index (χ4v) is 8.43. The molecule has 3 N–H and O–H groups in total. The Bertz CT molecular complexity index is 1680. The summed E-state index contributed by atoms with van der Waals surface area (Å²) in [4.78, 5) is 34.9. The molecule has 0 radical (unpaired) electrons. The number of aliphatic hydroxyl groups is 1. The van der Waals surface area contributed by atoms with E-state index in [-0.39, 0.29) is 41.3 Å². The fourth-order valence-electron chi connectivity index (χ4n) is 5.99.